The second-order valence-electron chi connectivity index (χ2n) is 4.46. The highest BCUT2D eigenvalue weighted by Gasteiger charge is 2.11. The van der Waals surface area contributed by atoms with E-state index in [1.807, 2.05) is 6.92 Å². The number of aromatic nitrogens is 2. The Kier molecular flexibility index (Phi) is 5.29. The fourth-order valence-electron chi connectivity index (χ4n) is 1.92. The molecule has 0 fully saturated rings. The van der Waals surface area contributed by atoms with Crippen molar-refractivity contribution in [2.24, 2.45) is 5.84 Å². The molecule has 8 heteroatoms. The van der Waals surface area contributed by atoms with E-state index in [1.165, 1.54) is 4.88 Å². The Bertz CT molecular complexity index is 626. The van der Waals surface area contributed by atoms with Gasteiger partial charge in [-0.05, 0) is 19.4 Å². The van der Waals surface area contributed by atoms with Crippen molar-refractivity contribution >= 4 is 39.2 Å². The van der Waals surface area contributed by atoms with Crippen molar-refractivity contribution in [1.29, 1.82) is 0 Å². The Morgan fingerprint density at radius 2 is 2.19 bits per heavy atom. The number of nitrogens with two attached hydrogens (primary N) is 1. The second kappa shape index (κ2) is 7.19. The first kappa shape index (κ1) is 15.5. The Labute approximate surface area is 127 Å². The highest BCUT2D eigenvalue weighted by molar-refractivity contribution is 7.18. The van der Waals surface area contributed by atoms with E-state index in [1.54, 1.807) is 11.3 Å². The summed E-state index contributed by atoms with van der Waals surface area (Å²) < 4.78 is 0. The number of amides is 1. The van der Waals surface area contributed by atoms with Gasteiger partial charge < -0.3 is 10.6 Å². The van der Waals surface area contributed by atoms with Crippen LogP contribution in [-0.2, 0) is 11.2 Å². The van der Waals surface area contributed by atoms with Crippen LogP contribution in [0.1, 0.15) is 25.1 Å². The van der Waals surface area contributed by atoms with E-state index in [-0.39, 0.29) is 5.91 Å². The number of carbonyl (C=O) groups is 1. The van der Waals surface area contributed by atoms with Crippen molar-refractivity contribution < 1.29 is 4.79 Å². The molecule has 0 bridgehead atoms. The molecule has 0 radical (unpaired) electrons. The first-order valence-corrected chi connectivity index (χ1v) is 7.77. The summed E-state index contributed by atoms with van der Waals surface area (Å²) in [5, 5.41) is 6.92. The number of nitrogen functional groups attached to an aromatic ring is 1. The SMILES string of the molecule is CCNC(=O)CCNc1nc(NN)nc2sc(CC)cc12. The molecule has 0 unspecified atom stereocenters. The van der Waals surface area contributed by atoms with Crippen LogP contribution in [-0.4, -0.2) is 29.0 Å². The van der Waals surface area contributed by atoms with E-state index in [9.17, 15) is 4.79 Å². The minimum atomic E-state index is 0.0204. The Morgan fingerprint density at radius 3 is 2.86 bits per heavy atom. The first-order valence-electron chi connectivity index (χ1n) is 6.95. The number of hydrogen-bond donors (Lipinski definition) is 4. The molecule has 0 aromatic carbocycles. The number of thiophene rings is 1. The zero-order chi connectivity index (χ0) is 15.2. The van der Waals surface area contributed by atoms with E-state index in [4.69, 9.17) is 5.84 Å². The van der Waals surface area contributed by atoms with Gasteiger partial charge in [0.25, 0.3) is 0 Å². The number of carbonyl (C=O) groups excluding carboxylic acids is 1. The number of hydrogen-bond acceptors (Lipinski definition) is 7. The van der Waals surface area contributed by atoms with Gasteiger partial charge in [-0.2, -0.15) is 4.98 Å². The molecule has 0 aliphatic carbocycles. The van der Waals surface area contributed by atoms with Crippen LogP contribution in [0.5, 0.6) is 0 Å². The molecule has 0 atom stereocenters. The number of hydrazine groups is 1. The van der Waals surface area contributed by atoms with Crippen molar-refractivity contribution in [3.8, 4) is 0 Å². The maximum Gasteiger partial charge on any atom is 0.240 e. The van der Waals surface area contributed by atoms with Crippen LogP contribution in [0.15, 0.2) is 6.07 Å². The molecule has 0 saturated carbocycles. The van der Waals surface area contributed by atoms with Gasteiger partial charge in [0.05, 0.1) is 5.39 Å². The van der Waals surface area contributed by atoms with Crippen LogP contribution in [0.4, 0.5) is 11.8 Å². The fourth-order valence-corrected chi connectivity index (χ4v) is 2.89. The average molecular weight is 308 g/mol. The molecule has 0 aliphatic rings. The lowest BCUT2D eigenvalue weighted by molar-refractivity contribution is -0.120. The van der Waals surface area contributed by atoms with Crippen molar-refractivity contribution in [2.45, 2.75) is 26.7 Å². The van der Waals surface area contributed by atoms with Gasteiger partial charge in [-0.3, -0.25) is 10.2 Å². The number of fused-ring (bicyclic) bond motifs is 1. The highest BCUT2D eigenvalue weighted by atomic mass is 32.1. The predicted octanol–water partition coefficient (Wildman–Crippen LogP) is 1.48. The molecule has 2 aromatic rings. The maximum atomic E-state index is 11.5. The third-order valence-electron chi connectivity index (χ3n) is 2.94. The summed E-state index contributed by atoms with van der Waals surface area (Å²) in [7, 11) is 0. The molecule has 21 heavy (non-hydrogen) atoms. The number of anilines is 2. The molecule has 114 valence electrons. The summed E-state index contributed by atoms with van der Waals surface area (Å²) in [6.07, 6.45) is 1.35. The van der Waals surface area contributed by atoms with Crippen molar-refractivity contribution in [2.75, 3.05) is 23.8 Å². The quantitative estimate of drug-likeness (QED) is 0.456. The molecule has 5 N–H and O–H groups in total. The van der Waals surface area contributed by atoms with E-state index < -0.39 is 0 Å². The van der Waals surface area contributed by atoms with Gasteiger partial charge in [0.1, 0.15) is 10.6 Å². The minimum Gasteiger partial charge on any atom is -0.369 e. The summed E-state index contributed by atoms with van der Waals surface area (Å²) in [5.74, 6) is 6.49. The lowest BCUT2D eigenvalue weighted by Crippen LogP contribution is -2.25. The summed E-state index contributed by atoms with van der Waals surface area (Å²) in [6, 6.07) is 2.08. The van der Waals surface area contributed by atoms with Crippen LogP contribution in [0.3, 0.4) is 0 Å². The van der Waals surface area contributed by atoms with Gasteiger partial charge in [0.2, 0.25) is 11.9 Å². The molecule has 0 saturated heterocycles. The molecule has 7 nitrogen and oxygen atoms in total. The number of rotatable bonds is 7. The van der Waals surface area contributed by atoms with Crippen LogP contribution in [0.2, 0.25) is 0 Å². The molecule has 2 rings (SSSR count). The summed E-state index contributed by atoms with van der Waals surface area (Å²) in [4.78, 5) is 22.3. The normalized spacial score (nSPS) is 10.6. The fraction of sp³-hybridized carbons (Fsp3) is 0.462. The van der Waals surface area contributed by atoms with E-state index in [0.29, 0.717) is 31.3 Å². The summed E-state index contributed by atoms with van der Waals surface area (Å²) in [5.41, 5.74) is 2.47. The minimum absolute atomic E-state index is 0.0204. The maximum absolute atomic E-state index is 11.5. The lowest BCUT2D eigenvalue weighted by Gasteiger charge is -2.08. The highest BCUT2D eigenvalue weighted by Crippen LogP contribution is 2.30. The van der Waals surface area contributed by atoms with Crippen molar-refractivity contribution in [3.63, 3.8) is 0 Å². The Morgan fingerprint density at radius 1 is 1.38 bits per heavy atom. The summed E-state index contributed by atoms with van der Waals surface area (Å²) in [6.45, 7) is 5.15. The van der Waals surface area contributed by atoms with Gasteiger partial charge in [-0.15, -0.1) is 11.3 Å². The molecule has 0 aliphatic heterocycles. The third-order valence-corrected chi connectivity index (χ3v) is 4.11. The van der Waals surface area contributed by atoms with Gasteiger partial charge in [-0.25, -0.2) is 10.8 Å². The standard InChI is InChI=1S/C13H20N6OS/c1-3-8-7-9-11(16-6-5-10(20)15-4-2)17-13(19-14)18-12(9)21-8/h7H,3-6,14H2,1-2H3,(H,15,20)(H2,16,17,18,19). The zero-order valence-electron chi connectivity index (χ0n) is 12.2. The van der Waals surface area contributed by atoms with Crippen LogP contribution in [0, 0.1) is 0 Å². The van der Waals surface area contributed by atoms with E-state index >= 15 is 0 Å². The van der Waals surface area contributed by atoms with E-state index in [2.05, 4.69) is 39.0 Å². The van der Waals surface area contributed by atoms with Gasteiger partial charge >= 0.3 is 0 Å². The second-order valence-corrected chi connectivity index (χ2v) is 5.57. The number of nitrogens with zero attached hydrogens (tertiary/aromatic N) is 2. The predicted molar refractivity (Wildman–Crippen MR) is 86.4 cm³/mol. The number of aryl methyl sites for hydroxylation is 1. The van der Waals surface area contributed by atoms with Crippen LogP contribution >= 0.6 is 11.3 Å². The zero-order valence-corrected chi connectivity index (χ0v) is 13.0. The molecular weight excluding hydrogens is 288 g/mol. The van der Waals surface area contributed by atoms with E-state index in [0.717, 1.165) is 16.6 Å². The first-order chi connectivity index (χ1) is 10.2. The van der Waals surface area contributed by atoms with Crippen LogP contribution in [0.25, 0.3) is 10.2 Å². The topological polar surface area (TPSA) is 105 Å². The van der Waals surface area contributed by atoms with Gasteiger partial charge in [-0.1, -0.05) is 6.92 Å². The van der Waals surface area contributed by atoms with Gasteiger partial charge in [0, 0.05) is 24.4 Å². The Hall–Kier alpha value is -1.93. The van der Waals surface area contributed by atoms with Gasteiger partial charge in [0.15, 0.2) is 0 Å². The molecule has 2 heterocycles. The molecule has 0 spiro atoms. The lowest BCUT2D eigenvalue weighted by atomic mass is 10.3. The summed E-state index contributed by atoms with van der Waals surface area (Å²) >= 11 is 1.62. The smallest absolute Gasteiger partial charge is 0.240 e. The number of nitrogens with one attached hydrogen (secondary N) is 3. The molecule has 2 aromatic heterocycles. The van der Waals surface area contributed by atoms with Crippen molar-refractivity contribution in [1.82, 2.24) is 15.3 Å². The third kappa shape index (κ3) is 3.79. The monoisotopic (exact) mass is 308 g/mol. The molecule has 1 amide bonds. The average Bonchev–Trinajstić information content (AvgIpc) is 2.90. The largest absolute Gasteiger partial charge is 0.369 e. The van der Waals surface area contributed by atoms with Crippen molar-refractivity contribution in [3.05, 3.63) is 10.9 Å². The molecular formula is C13H20N6OS. The van der Waals surface area contributed by atoms with Crippen LogP contribution < -0.4 is 21.9 Å². The Balaban J connectivity index is 2.16.